The van der Waals surface area contributed by atoms with E-state index in [-0.39, 0.29) is 23.9 Å². The molecule has 0 aliphatic rings. The van der Waals surface area contributed by atoms with Crippen LogP contribution in [0.25, 0.3) is 0 Å². The van der Waals surface area contributed by atoms with E-state index in [0.717, 1.165) is 23.6 Å². The van der Waals surface area contributed by atoms with Crippen LogP contribution in [0.4, 0.5) is 5.69 Å². The first kappa shape index (κ1) is 21.2. The van der Waals surface area contributed by atoms with Crippen LogP contribution in [0.1, 0.15) is 59.4 Å². The Kier molecular flexibility index (Phi) is 8.10. The minimum absolute atomic E-state index is 0.0324. The molecule has 0 bridgehead atoms. The predicted molar refractivity (Wildman–Crippen MR) is 103 cm³/mol. The number of nitrogens with one attached hydrogen (secondary N) is 3. The van der Waals surface area contributed by atoms with E-state index in [4.69, 9.17) is 0 Å². The summed E-state index contributed by atoms with van der Waals surface area (Å²) in [6, 6.07) is 8.00. The number of anilines is 1. The summed E-state index contributed by atoms with van der Waals surface area (Å²) >= 11 is 0. The molecule has 0 fully saturated rings. The van der Waals surface area contributed by atoms with Gasteiger partial charge in [0.15, 0.2) is 13.1 Å². The summed E-state index contributed by atoms with van der Waals surface area (Å²) in [6.45, 7) is 13.5. The van der Waals surface area contributed by atoms with Crippen LogP contribution in [-0.2, 0) is 9.59 Å². The maximum absolute atomic E-state index is 12.3. The molecule has 0 heterocycles. The largest absolute Gasteiger partial charge is 0.347 e. The number of hydrogen-bond donors (Lipinski definition) is 3. The van der Waals surface area contributed by atoms with Crippen LogP contribution >= 0.6 is 0 Å². The van der Waals surface area contributed by atoms with Crippen molar-refractivity contribution in [3.63, 3.8) is 0 Å². The summed E-state index contributed by atoms with van der Waals surface area (Å²) in [7, 11) is 0. The minimum atomic E-state index is -0.254. The number of carbonyl (C=O) groups excluding carboxylic acids is 2. The minimum Gasteiger partial charge on any atom is -0.347 e. The van der Waals surface area contributed by atoms with Crippen LogP contribution in [0.3, 0.4) is 0 Å². The molecule has 0 saturated heterocycles. The lowest BCUT2D eigenvalue weighted by atomic mass is 9.99. The van der Waals surface area contributed by atoms with Crippen molar-refractivity contribution in [3.05, 3.63) is 29.8 Å². The molecule has 1 rings (SSSR count). The third-order valence-electron chi connectivity index (χ3n) is 4.21. The second-order valence-electron chi connectivity index (χ2n) is 7.73. The second-order valence-corrected chi connectivity index (χ2v) is 7.73. The normalized spacial score (nSPS) is 13.8. The van der Waals surface area contributed by atoms with E-state index < -0.39 is 0 Å². The third kappa shape index (κ3) is 8.16. The summed E-state index contributed by atoms with van der Waals surface area (Å²) in [5.74, 6) is 0.415. The average Bonchev–Trinajstić information content (AvgIpc) is 2.52. The Balaban J connectivity index is 2.54. The summed E-state index contributed by atoms with van der Waals surface area (Å²) in [4.78, 5) is 25.2. The van der Waals surface area contributed by atoms with E-state index in [1.54, 1.807) is 0 Å². The molecule has 1 unspecified atom stereocenters. The van der Waals surface area contributed by atoms with Gasteiger partial charge in [-0.1, -0.05) is 26.0 Å². The highest BCUT2D eigenvalue weighted by Crippen LogP contribution is 2.20. The number of likely N-dealkylation sites (N-methyl/N-ethyl adjacent to an activating group) is 1. The molecule has 0 aliphatic carbocycles. The zero-order valence-electron chi connectivity index (χ0n) is 16.5. The molecule has 2 atom stereocenters. The van der Waals surface area contributed by atoms with Gasteiger partial charge < -0.3 is 15.5 Å². The van der Waals surface area contributed by atoms with Crippen molar-refractivity contribution in [1.29, 1.82) is 0 Å². The predicted octanol–water partition coefficient (Wildman–Crippen LogP) is 1.96. The Morgan fingerprint density at radius 1 is 1.04 bits per heavy atom. The van der Waals surface area contributed by atoms with Gasteiger partial charge in [-0.3, -0.25) is 9.59 Å². The Labute approximate surface area is 152 Å². The van der Waals surface area contributed by atoms with Crippen molar-refractivity contribution in [2.24, 2.45) is 0 Å². The molecule has 0 aromatic heterocycles. The van der Waals surface area contributed by atoms with Gasteiger partial charge in [0.2, 0.25) is 0 Å². The topological polar surface area (TPSA) is 62.6 Å². The van der Waals surface area contributed by atoms with Crippen LogP contribution in [0.15, 0.2) is 24.3 Å². The molecule has 3 N–H and O–H groups in total. The quantitative estimate of drug-likeness (QED) is 0.672. The van der Waals surface area contributed by atoms with Crippen molar-refractivity contribution in [1.82, 2.24) is 5.32 Å². The molecule has 1 aromatic rings. The molecule has 5 nitrogen and oxygen atoms in total. The fourth-order valence-electron chi connectivity index (χ4n) is 2.56. The maximum Gasteiger partial charge on any atom is 0.279 e. The van der Waals surface area contributed by atoms with Crippen molar-refractivity contribution >= 4 is 17.5 Å². The van der Waals surface area contributed by atoms with E-state index in [1.165, 1.54) is 5.56 Å². The molecule has 25 heavy (non-hydrogen) atoms. The lowest BCUT2D eigenvalue weighted by Gasteiger charge is -2.23. The molecule has 0 spiro atoms. The molecule has 1 aromatic carbocycles. The Morgan fingerprint density at radius 3 is 2.08 bits per heavy atom. The van der Waals surface area contributed by atoms with Crippen LogP contribution in [0.2, 0.25) is 0 Å². The monoisotopic (exact) mass is 348 g/mol. The number of quaternary nitrogens is 1. The first-order valence-corrected chi connectivity index (χ1v) is 9.19. The van der Waals surface area contributed by atoms with Gasteiger partial charge in [0.05, 0.1) is 6.54 Å². The zero-order chi connectivity index (χ0) is 19.0. The maximum atomic E-state index is 12.3. The summed E-state index contributed by atoms with van der Waals surface area (Å²) in [5, 5.41) is 5.86. The van der Waals surface area contributed by atoms with Crippen molar-refractivity contribution in [2.45, 2.75) is 59.4 Å². The smallest absolute Gasteiger partial charge is 0.279 e. The number of benzene rings is 1. The highest BCUT2D eigenvalue weighted by molar-refractivity contribution is 5.91. The van der Waals surface area contributed by atoms with Gasteiger partial charge in [-0.05, 0) is 57.7 Å². The number of amides is 2. The van der Waals surface area contributed by atoms with Gasteiger partial charge in [-0.25, -0.2) is 0 Å². The van der Waals surface area contributed by atoms with Crippen LogP contribution in [0, 0.1) is 0 Å². The number of carbonyl (C=O) groups is 2. The Morgan fingerprint density at radius 2 is 1.60 bits per heavy atom. The van der Waals surface area contributed by atoms with Crippen molar-refractivity contribution in [2.75, 3.05) is 25.0 Å². The molecule has 140 valence electrons. The number of rotatable bonds is 8. The standard InChI is InChI=1S/C20H33N3O2/c1-7-15(3)16-9-11-17(12-10-16)21-18(24)13-23(8-2)14-19(25)22-20(4,5)6/h9-12,15H,7-8,13-14H2,1-6H3,(H,21,24)(H,22,25)/p+1/t15-/m1/s1. The molecule has 0 saturated carbocycles. The molecular weight excluding hydrogens is 314 g/mol. The third-order valence-corrected chi connectivity index (χ3v) is 4.21. The van der Waals surface area contributed by atoms with E-state index in [2.05, 4.69) is 36.6 Å². The van der Waals surface area contributed by atoms with E-state index in [9.17, 15) is 9.59 Å². The van der Waals surface area contributed by atoms with Gasteiger partial charge in [-0.15, -0.1) is 0 Å². The van der Waals surface area contributed by atoms with Crippen LogP contribution in [0.5, 0.6) is 0 Å². The van der Waals surface area contributed by atoms with Crippen molar-refractivity contribution < 1.29 is 14.5 Å². The molecule has 0 radical (unpaired) electrons. The van der Waals surface area contributed by atoms with E-state index >= 15 is 0 Å². The van der Waals surface area contributed by atoms with E-state index in [0.29, 0.717) is 12.5 Å². The van der Waals surface area contributed by atoms with Gasteiger partial charge in [0.1, 0.15) is 0 Å². The zero-order valence-corrected chi connectivity index (χ0v) is 16.5. The number of hydrogen-bond acceptors (Lipinski definition) is 2. The van der Waals surface area contributed by atoms with Crippen LogP contribution < -0.4 is 15.5 Å². The van der Waals surface area contributed by atoms with Crippen LogP contribution in [-0.4, -0.2) is 37.0 Å². The average molecular weight is 349 g/mol. The second kappa shape index (κ2) is 9.56. The highest BCUT2D eigenvalue weighted by atomic mass is 16.2. The lowest BCUT2D eigenvalue weighted by Crippen LogP contribution is -3.14. The Bertz CT molecular complexity index is 561. The van der Waals surface area contributed by atoms with Gasteiger partial charge >= 0.3 is 0 Å². The molecular formula is C20H34N3O2+. The summed E-state index contributed by atoms with van der Waals surface area (Å²) in [5.41, 5.74) is 1.82. The molecule has 2 amide bonds. The molecule has 5 heteroatoms. The van der Waals surface area contributed by atoms with Gasteiger partial charge in [0.25, 0.3) is 11.8 Å². The SMILES string of the molecule is CC[C@@H](C)c1ccc(NC(=O)C[NH+](CC)CC(=O)NC(C)(C)C)cc1. The van der Waals surface area contributed by atoms with E-state index in [1.807, 2.05) is 39.8 Å². The lowest BCUT2D eigenvalue weighted by molar-refractivity contribution is -0.881. The first-order chi connectivity index (χ1) is 11.6. The van der Waals surface area contributed by atoms with Crippen molar-refractivity contribution in [3.8, 4) is 0 Å². The summed E-state index contributed by atoms with van der Waals surface area (Å²) in [6.07, 6.45) is 1.09. The summed E-state index contributed by atoms with van der Waals surface area (Å²) < 4.78 is 0. The highest BCUT2D eigenvalue weighted by Gasteiger charge is 2.20. The molecule has 0 aliphatic heterocycles. The fraction of sp³-hybridized carbons (Fsp3) is 0.600. The fourth-order valence-corrected chi connectivity index (χ4v) is 2.56. The Hall–Kier alpha value is -1.88. The van der Waals surface area contributed by atoms with Gasteiger partial charge in [-0.2, -0.15) is 0 Å². The first-order valence-electron chi connectivity index (χ1n) is 9.19. The van der Waals surface area contributed by atoms with Gasteiger partial charge in [0, 0.05) is 11.2 Å².